The summed E-state index contributed by atoms with van der Waals surface area (Å²) in [5.74, 6) is 0.512. The third kappa shape index (κ3) is 2.49. The topological polar surface area (TPSA) is 52.6 Å². The van der Waals surface area contributed by atoms with E-state index in [1.54, 1.807) is 6.07 Å². The number of hydrogen-bond acceptors (Lipinski definition) is 4. The van der Waals surface area contributed by atoms with Crippen molar-refractivity contribution in [3.63, 3.8) is 0 Å². The van der Waals surface area contributed by atoms with E-state index in [4.69, 9.17) is 9.47 Å². The Hall–Kier alpha value is -2.36. The van der Waals surface area contributed by atoms with Crippen LogP contribution < -0.4 is 4.74 Å². The van der Waals surface area contributed by atoms with Gasteiger partial charge in [-0.2, -0.15) is 0 Å². The number of fused-ring (bicyclic) bond motifs is 4. The molecule has 21 heavy (non-hydrogen) atoms. The lowest BCUT2D eigenvalue weighted by atomic mass is 9.63. The molecule has 1 aromatic rings. The van der Waals surface area contributed by atoms with Crippen molar-refractivity contribution in [3.05, 3.63) is 53.1 Å². The number of allylic oxidation sites excluding steroid dienone is 3. The molecule has 0 aromatic heterocycles. The van der Waals surface area contributed by atoms with Gasteiger partial charge in [-0.1, -0.05) is 24.3 Å². The SMILES string of the molecule is CC(=O)OCC1=CC=C[C@@H]2c3cc(OC(C)=O)ccc3[C@H]12. The van der Waals surface area contributed by atoms with Crippen molar-refractivity contribution in [1.82, 2.24) is 0 Å². The van der Waals surface area contributed by atoms with Crippen molar-refractivity contribution >= 4 is 11.9 Å². The van der Waals surface area contributed by atoms with Gasteiger partial charge in [0.05, 0.1) is 0 Å². The third-order valence-electron chi connectivity index (χ3n) is 3.84. The molecule has 0 unspecified atom stereocenters. The van der Waals surface area contributed by atoms with Gasteiger partial charge in [0.2, 0.25) is 0 Å². The zero-order valence-corrected chi connectivity index (χ0v) is 12.0. The molecule has 2 aliphatic rings. The Morgan fingerprint density at radius 2 is 1.95 bits per heavy atom. The fourth-order valence-corrected chi connectivity index (χ4v) is 3.00. The first-order chi connectivity index (χ1) is 10.1. The minimum absolute atomic E-state index is 0.260. The van der Waals surface area contributed by atoms with Crippen molar-refractivity contribution in [3.8, 4) is 5.75 Å². The summed E-state index contributed by atoms with van der Waals surface area (Å²) in [5.41, 5.74) is 3.48. The summed E-state index contributed by atoms with van der Waals surface area (Å²) in [4.78, 5) is 22.0. The molecular weight excluding hydrogens is 268 g/mol. The molecule has 0 fully saturated rings. The fraction of sp³-hybridized carbons (Fsp3) is 0.294. The fourth-order valence-electron chi connectivity index (χ4n) is 3.00. The molecule has 108 valence electrons. The van der Waals surface area contributed by atoms with Gasteiger partial charge >= 0.3 is 11.9 Å². The van der Waals surface area contributed by atoms with E-state index in [1.165, 1.54) is 25.0 Å². The normalized spacial score (nSPS) is 21.5. The number of ether oxygens (including phenoxy) is 2. The molecule has 0 N–H and O–H groups in total. The highest BCUT2D eigenvalue weighted by atomic mass is 16.5. The van der Waals surface area contributed by atoms with Crippen LogP contribution in [0.5, 0.6) is 5.75 Å². The van der Waals surface area contributed by atoms with Crippen molar-refractivity contribution in [2.75, 3.05) is 6.61 Å². The van der Waals surface area contributed by atoms with Crippen LogP contribution in [0.2, 0.25) is 0 Å². The van der Waals surface area contributed by atoms with Crippen LogP contribution in [0.3, 0.4) is 0 Å². The predicted molar refractivity (Wildman–Crippen MR) is 77.1 cm³/mol. The monoisotopic (exact) mass is 284 g/mol. The first-order valence-electron chi connectivity index (χ1n) is 6.89. The number of benzene rings is 1. The van der Waals surface area contributed by atoms with Crippen LogP contribution in [-0.4, -0.2) is 18.5 Å². The predicted octanol–water partition coefficient (Wildman–Crippen LogP) is 2.85. The summed E-state index contributed by atoms with van der Waals surface area (Å²) in [6, 6.07) is 5.70. The van der Waals surface area contributed by atoms with E-state index in [-0.39, 0.29) is 23.8 Å². The van der Waals surface area contributed by atoms with Crippen LogP contribution in [0.1, 0.15) is 36.8 Å². The second kappa shape index (κ2) is 5.20. The first kappa shape index (κ1) is 13.6. The molecule has 0 saturated carbocycles. The maximum atomic E-state index is 11.0. The van der Waals surface area contributed by atoms with Gasteiger partial charge in [-0.25, -0.2) is 0 Å². The number of carbonyl (C=O) groups excluding carboxylic acids is 2. The molecule has 3 rings (SSSR count). The van der Waals surface area contributed by atoms with Crippen LogP contribution in [0.25, 0.3) is 0 Å². The molecule has 0 heterocycles. The molecule has 0 spiro atoms. The Balaban J connectivity index is 1.83. The lowest BCUT2D eigenvalue weighted by molar-refractivity contribution is -0.140. The van der Waals surface area contributed by atoms with Crippen LogP contribution in [0.15, 0.2) is 42.0 Å². The number of hydrogen-bond donors (Lipinski definition) is 0. The van der Waals surface area contributed by atoms with Gasteiger partial charge in [0, 0.05) is 25.7 Å². The summed E-state index contributed by atoms with van der Waals surface area (Å²) in [6.07, 6.45) is 6.12. The van der Waals surface area contributed by atoms with Gasteiger partial charge in [-0.05, 0) is 28.8 Å². The number of carbonyl (C=O) groups is 2. The Morgan fingerprint density at radius 3 is 2.67 bits per heavy atom. The van der Waals surface area contributed by atoms with Crippen molar-refractivity contribution in [1.29, 1.82) is 0 Å². The zero-order valence-electron chi connectivity index (χ0n) is 12.0. The molecular formula is C17H16O4. The van der Waals surface area contributed by atoms with E-state index in [1.807, 2.05) is 24.3 Å². The Kier molecular flexibility index (Phi) is 3.37. The summed E-state index contributed by atoms with van der Waals surface area (Å²) in [5, 5.41) is 0. The van der Waals surface area contributed by atoms with Gasteiger partial charge in [0.15, 0.2) is 0 Å². The molecule has 2 aliphatic carbocycles. The minimum Gasteiger partial charge on any atom is -0.461 e. The molecule has 0 amide bonds. The van der Waals surface area contributed by atoms with Crippen LogP contribution in [0.4, 0.5) is 0 Å². The van der Waals surface area contributed by atoms with Crippen molar-refractivity contribution in [2.24, 2.45) is 0 Å². The van der Waals surface area contributed by atoms with Crippen molar-refractivity contribution in [2.45, 2.75) is 25.7 Å². The van der Waals surface area contributed by atoms with E-state index in [2.05, 4.69) is 6.08 Å². The molecule has 4 heteroatoms. The standard InChI is InChI=1S/C17H16O4/c1-10(18)20-9-12-4-3-5-14-16-8-13(21-11(2)19)6-7-15(16)17(12)14/h3-8,14,17H,9H2,1-2H3/t14-,17-/m1/s1. The van der Waals surface area contributed by atoms with E-state index < -0.39 is 0 Å². The van der Waals surface area contributed by atoms with Crippen molar-refractivity contribution < 1.29 is 19.1 Å². The number of esters is 2. The first-order valence-corrected chi connectivity index (χ1v) is 6.89. The maximum absolute atomic E-state index is 11.0. The van der Waals surface area contributed by atoms with Gasteiger partial charge < -0.3 is 9.47 Å². The highest BCUT2D eigenvalue weighted by molar-refractivity contribution is 5.70. The van der Waals surface area contributed by atoms with E-state index in [0.717, 1.165) is 5.57 Å². The Bertz CT molecular complexity index is 669. The maximum Gasteiger partial charge on any atom is 0.308 e. The molecule has 0 aliphatic heterocycles. The molecule has 0 saturated heterocycles. The van der Waals surface area contributed by atoms with Gasteiger partial charge in [-0.3, -0.25) is 9.59 Å². The van der Waals surface area contributed by atoms with E-state index >= 15 is 0 Å². The average molecular weight is 284 g/mol. The van der Waals surface area contributed by atoms with E-state index in [9.17, 15) is 9.59 Å². The molecule has 0 bridgehead atoms. The third-order valence-corrected chi connectivity index (χ3v) is 3.84. The van der Waals surface area contributed by atoms with Crippen LogP contribution in [0, 0.1) is 0 Å². The largest absolute Gasteiger partial charge is 0.461 e. The lowest BCUT2D eigenvalue weighted by Gasteiger charge is -2.41. The Morgan fingerprint density at radius 1 is 1.14 bits per heavy atom. The minimum atomic E-state index is -0.319. The Labute approximate surface area is 123 Å². The number of rotatable bonds is 3. The quantitative estimate of drug-likeness (QED) is 0.632. The summed E-state index contributed by atoms with van der Waals surface area (Å²) in [6.45, 7) is 3.13. The van der Waals surface area contributed by atoms with Crippen LogP contribution >= 0.6 is 0 Å². The smallest absolute Gasteiger partial charge is 0.308 e. The summed E-state index contributed by atoms with van der Waals surface area (Å²) >= 11 is 0. The lowest BCUT2D eigenvalue weighted by Crippen LogP contribution is -2.28. The second-order valence-corrected chi connectivity index (χ2v) is 5.29. The second-order valence-electron chi connectivity index (χ2n) is 5.29. The van der Waals surface area contributed by atoms with Crippen LogP contribution in [-0.2, 0) is 14.3 Å². The van der Waals surface area contributed by atoms with E-state index in [0.29, 0.717) is 12.4 Å². The average Bonchev–Trinajstić information content (AvgIpc) is 2.42. The summed E-state index contributed by atoms with van der Waals surface area (Å²) in [7, 11) is 0. The molecule has 4 nitrogen and oxygen atoms in total. The molecule has 1 aromatic carbocycles. The highest BCUT2D eigenvalue weighted by Crippen LogP contribution is 2.53. The zero-order chi connectivity index (χ0) is 15.0. The molecule has 0 radical (unpaired) electrons. The highest BCUT2D eigenvalue weighted by Gasteiger charge is 2.39. The summed E-state index contributed by atoms with van der Waals surface area (Å²) < 4.78 is 10.2. The van der Waals surface area contributed by atoms with Gasteiger partial charge in [-0.15, -0.1) is 0 Å². The molecule has 2 atom stereocenters. The van der Waals surface area contributed by atoms with Gasteiger partial charge in [0.1, 0.15) is 12.4 Å². The van der Waals surface area contributed by atoms with Gasteiger partial charge in [0.25, 0.3) is 0 Å².